The van der Waals surface area contributed by atoms with E-state index in [1.165, 1.54) is 0 Å². The molecular weight excluding hydrogens is 413 g/mol. The zero-order valence-corrected chi connectivity index (χ0v) is 13.1. The zero-order chi connectivity index (χ0) is 10.3. The molecule has 84 valence electrons. The lowest BCUT2D eigenvalue weighted by atomic mass is 9.98. The van der Waals surface area contributed by atoms with Crippen molar-refractivity contribution in [3.63, 3.8) is 0 Å². The van der Waals surface area contributed by atoms with Gasteiger partial charge in [-0.3, -0.25) is 0 Å². The highest BCUT2D eigenvalue weighted by molar-refractivity contribution is 9.11. The third-order valence-electron chi connectivity index (χ3n) is 2.35. The number of phenols is 1. The second kappa shape index (κ2) is 5.36. The van der Waals surface area contributed by atoms with Crippen LogP contribution in [-0.2, 0) is 0 Å². The van der Waals surface area contributed by atoms with Crippen LogP contribution in [0.2, 0.25) is 0 Å². The fourth-order valence-corrected chi connectivity index (χ4v) is 4.12. The fourth-order valence-electron chi connectivity index (χ4n) is 1.45. The molecule has 1 atom stereocenters. The van der Waals surface area contributed by atoms with Gasteiger partial charge in [0, 0.05) is 16.1 Å². The summed E-state index contributed by atoms with van der Waals surface area (Å²) in [5.74, 6) is 0.261. The van der Waals surface area contributed by atoms with Crippen molar-refractivity contribution < 1.29 is 5.11 Å². The first-order valence-corrected chi connectivity index (χ1v) is 6.59. The van der Waals surface area contributed by atoms with E-state index in [-0.39, 0.29) is 18.2 Å². The van der Waals surface area contributed by atoms with Gasteiger partial charge in [0.15, 0.2) is 0 Å². The number of benzene rings is 1. The van der Waals surface area contributed by atoms with Crippen LogP contribution in [0, 0.1) is 0 Å². The standard InChI is InChI=1S/C9H8Br3NO.ClH/c10-4-3-5(11)9(14)8(12)7(4)6-1-2-13-6;/h3,6,13-14H,1-2H2;1H/t6-;/m1./s1. The van der Waals surface area contributed by atoms with Gasteiger partial charge >= 0.3 is 0 Å². The Morgan fingerprint density at radius 2 is 1.87 bits per heavy atom. The van der Waals surface area contributed by atoms with Crippen LogP contribution in [0.25, 0.3) is 0 Å². The Morgan fingerprint density at radius 1 is 1.27 bits per heavy atom. The highest BCUT2D eigenvalue weighted by Gasteiger charge is 2.25. The molecule has 6 heteroatoms. The van der Waals surface area contributed by atoms with Crippen molar-refractivity contribution in [2.45, 2.75) is 12.5 Å². The summed E-state index contributed by atoms with van der Waals surface area (Å²) in [6.07, 6.45) is 1.11. The molecule has 1 aliphatic heterocycles. The number of rotatable bonds is 1. The van der Waals surface area contributed by atoms with Crippen molar-refractivity contribution in [2.24, 2.45) is 0 Å². The number of nitrogens with one attached hydrogen (secondary N) is 1. The van der Waals surface area contributed by atoms with E-state index in [1.807, 2.05) is 6.07 Å². The number of halogens is 4. The van der Waals surface area contributed by atoms with Crippen LogP contribution >= 0.6 is 60.2 Å². The topological polar surface area (TPSA) is 32.3 Å². The van der Waals surface area contributed by atoms with E-state index in [1.54, 1.807) is 0 Å². The van der Waals surface area contributed by atoms with Gasteiger partial charge in [-0.25, -0.2) is 0 Å². The minimum absolute atomic E-state index is 0. The molecule has 2 rings (SSSR count). The second-order valence-electron chi connectivity index (χ2n) is 3.21. The Kier molecular flexibility index (Phi) is 4.92. The lowest BCUT2D eigenvalue weighted by Crippen LogP contribution is -2.35. The van der Waals surface area contributed by atoms with Gasteiger partial charge in [-0.1, -0.05) is 15.9 Å². The first-order valence-electron chi connectivity index (χ1n) is 4.21. The molecule has 0 amide bonds. The summed E-state index contributed by atoms with van der Waals surface area (Å²) < 4.78 is 2.46. The molecule has 1 heterocycles. The number of phenolic OH excluding ortho intramolecular Hbond substituents is 1. The molecule has 0 unspecified atom stereocenters. The predicted molar refractivity (Wildman–Crippen MR) is 73.8 cm³/mol. The number of hydrogen-bond acceptors (Lipinski definition) is 2. The molecular formula is C9H9Br3ClNO. The Labute approximate surface area is 120 Å². The highest BCUT2D eigenvalue weighted by Crippen LogP contribution is 2.43. The van der Waals surface area contributed by atoms with Gasteiger partial charge in [0.2, 0.25) is 0 Å². The van der Waals surface area contributed by atoms with Crippen LogP contribution in [0.15, 0.2) is 19.5 Å². The molecule has 15 heavy (non-hydrogen) atoms. The van der Waals surface area contributed by atoms with Gasteiger partial charge in [0.05, 0.1) is 8.95 Å². The smallest absolute Gasteiger partial charge is 0.144 e. The minimum Gasteiger partial charge on any atom is -0.506 e. The Balaban J connectivity index is 0.00000112. The van der Waals surface area contributed by atoms with E-state index in [0.29, 0.717) is 10.5 Å². The van der Waals surface area contributed by atoms with Crippen LogP contribution in [-0.4, -0.2) is 11.7 Å². The van der Waals surface area contributed by atoms with E-state index in [9.17, 15) is 5.11 Å². The molecule has 2 nitrogen and oxygen atoms in total. The molecule has 0 aliphatic carbocycles. The molecule has 1 aromatic rings. The van der Waals surface area contributed by atoms with Crippen LogP contribution in [0.5, 0.6) is 5.75 Å². The first-order chi connectivity index (χ1) is 6.61. The summed E-state index contributed by atoms with van der Waals surface area (Å²) in [6, 6.07) is 2.22. The van der Waals surface area contributed by atoms with E-state index in [4.69, 9.17) is 0 Å². The third-order valence-corrected chi connectivity index (χ3v) is 4.42. The lowest BCUT2D eigenvalue weighted by Gasteiger charge is -2.30. The number of hydrogen-bond donors (Lipinski definition) is 2. The van der Waals surface area contributed by atoms with Crippen LogP contribution in [0.1, 0.15) is 18.0 Å². The molecule has 1 saturated heterocycles. The van der Waals surface area contributed by atoms with E-state index in [2.05, 4.69) is 53.1 Å². The lowest BCUT2D eigenvalue weighted by molar-refractivity contribution is 0.377. The fraction of sp³-hybridized carbons (Fsp3) is 0.333. The first kappa shape index (κ1) is 13.8. The Morgan fingerprint density at radius 3 is 2.33 bits per heavy atom. The summed E-state index contributed by atoms with van der Waals surface area (Å²) in [7, 11) is 0. The average Bonchev–Trinajstić information content (AvgIpc) is 2.05. The maximum absolute atomic E-state index is 9.74. The summed E-state index contributed by atoms with van der Waals surface area (Å²) in [4.78, 5) is 0. The molecule has 0 spiro atoms. The maximum atomic E-state index is 9.74. The molecule has 1 aliphatic rings. The van der Waals surface area contributed by atoms with Crippen molar-refractivity contribution >= 4 is 60.2 Å². The maximum Gasteiger partial charge on any atom is 0.144 e. The molecule has 0 radical (unpaired) electrons. The molecule has 0 saturated carbocycles. The van der Waals surface area contributed by atoms with Gasteiger partial charge in [-0.05, 0) is 50.9 Å². The van der Waals surface area contributed by atoms with Gasteiger partial charge < -0.3 is 10.4 Å². The van der Waals surface area contributed by atoms with Crippen LogP contribution in [0.3, 0.4) is 0 Å². The van der Waals surface area contributed by atoms with E-state index < -0.39 is 0 Å². The molecule has 0 aromatic heterocycles. The van der Waals surface area contributed by atoms with Gasteiger partial charge in [-0.2, -0.15) is 0 Å². The Bertz CT molecular complexity index is 382. The molecule has 0 bridgehead atoms. The Hall–Kier alpha value is 0.710. The summed E-state index contributed by atoms with van der Waals surface area (Å²) in [5, 5.41) is 13.0. The molecule has 1 fully saturated rings. The van der Waals surface area contributed by atoms with Crippen LogP contribution < -0.4 is 5.32 Å². The minimum atomic E-state index is 0. The third kappa shape index (κ3) is 2.52. The summed E-state index contributed by atoms with van der Waals surface area (Å²) >= 11 is 10.2. The monoisotopic (exact) mass is 419 g/mol. The van der Waals surface area contributed by atoms with Crippen molar-refractivity contribution in [3.8, 4) is 5.75 Å². The predicted octanol–water partition coefficient (Wildman–Crippen LogP) is 4.14. The van der Waals surface area contributed by atoms with Gasteiger partial charge in [0.1, 0.15) is 5.75 Å². The zero-order valence-electron chi connectivity index (χ0n) is 7.56. The van der Waals surface area contributed by atoms with Crippen molar-refractivity contribution in [2.75, 3.05) is 6.54 Å². The number of aromatic hydroxyl groups is 1. The van der Waals surface area contributed by atoms with Crippen LogP contribution in [0.4, 0.5) is 0 Å². The van der Waals surface area contributed by atoms with Crippen molar-refractivity contribution in [1.29, 1.82) is 0 Å². The van der Waals surface area contributed by atoms with E-state index >= 15 is 0 Å². The second-order valence-corrected chi connectivity index (χ2v) is 5.71. The quantitative estimate of drug-likeness (QED) is 0.713. The molecule has 1 aromatic carbocycles. The van der Waals surface area contributed by atoms with Gasteiger partial charge in [0.25, 0.3) is 0 Å². The SMILES string of the molecule is Cl.Oc1c(Br)cc(Br)c([C@H]2CCN2)c1Br. The summed E-state index contributed by atoms with van der Waals surface area (Å²) in [5.41, 5.74) is 1.09. The normalized spacial score (nSPS) is 19.3. The largest absolute Gasteiger partial charge is 0.506 e. The van der Waals surface area contributed by atoms with Gasteiger partial charge in [-0.15, -0.1) is 12.4 Å². The highest BCUT2D eigenvalue weighted by atomic mass is 79.9. The van der Waals surface area contributed by atoms with Crippen molar-refractivity contribution in [3.05, 3.63) is 25.0 Å². The van der Waals surface area contributed by atoms with E-state index in [0.717, 1.165) is 27.5 Å². The average molecular weight is 422 g/mol. The summed E-state index contributed by atoms with van der Waals surface area (Å²) in [6.45, 7) is 1.04. The van der Waals surface area contributed by atoms with Crippen molar-refractivity contribution in [1.82, 2.24) is 5.32 Å². The molecule has 2 N–H and O–H groups in total.